The molecule has 4 aliphatic carbocycles. The molecule has 104 valence electrons. The molecule has 4 saturated carbocycles. The molecule has 4 rings (SSSR count). The van der Waals surface area contributed by atoms with Crippen molar-refractivity contribution in [2.45, 2.75) is 64.9 Å². The second kappa shape index (κ2) is 3.75. The maximum atomic E-state index is 11.4. The second-order valence-corrected chi connectivity index (χ2v) is 7.74. The third-order valence-corrected chi connectivity index (χ3v) is 5.97. The number of hydrogen-bond donors (Lipinski definition) is 0. The Morgan fingerprint density at radius 1 is 1.26 bits per heavy atom. The van der Waals surface area contributed by atoms with Gasteiger partial charge in [0.1, 0.15) is 5.60 Å². The monoisotopic (exact) mass is 261 g/mol. The minimum atomic E-state index is -0.446. The fourth-order valence-electron chi connectivity index (χ4n) is 5.57. The molecule has 3 nitrogen and oxygen atoms in total. The van der Waals surface area contributed by atoms with Crippen molar-refractivity contribution in [2.75, 3.05) is 0 Å². The molecule has 0 aromatic heterocycles. The first-order valence-corrected chi connectivity index (χ1v) is 7.41. The highest BCUT2D eigenvalue weighted by atomic mass is 16.6. The maximum Gasteiger partial charge on any atom is 0.303 e. The smallest absolute Gasteiger partial charge is 0.303 e. The molecule has 0 heterocycles. The van der Waals surface area contributed by atoms with E-state index in [1.165, 1.54) is 13.3 Å². The van der Waals surface area contributed by atoms with Crippen LogP contribution in [0.25, 0.3) is 0 Å². The third-order valence-electron chi connectivity index (χ3n) is 5.97. The highest BCUT2D eigenvalue weighted by molar-refractivity contribution is 5.66. The minimum absolute atomic E-state index is 0.0263. The van der Waals surface area contributed by atoms with Gasteiger partial charge in [0.25, 0.3) is 0 Å². The number of carbonyl (C=O) groups is 1. The quantitative estimate of drug-likeness (QED) is 0.715. The zero-order valence-corrected chi connectivity index (χ0v) is 12.2. The summed E-state index contributed by atoms with van der Waals surface area (Å²) in [5, 5.41) is 9.64. The molecule has 0 spiro atoms. The number of ether oxygens (including phenoxy) is 1. The fourth-order valence-corrected chi connectivity index (χ4v) is 5.57. The number of nitriles is 1. The van der Waals surface area contributed by atoms with Crippen LogP contribution in [0.4, 0.5) is 0 Å². The van der Waals surface area contributed by atoms with E-state index < -0.39 is 5.60 Å². The summed E-state index contributed by atoms with van der Waals surface area (Å²) < 4.78 is 5.66. The normalized spacial score (nSPS) is 43.9. The van der Waals surface area contributed by atoms with Crippen LogP contribution < -0.4 is 0 Å². The van der Waals surface area contributed by atoms with E-state index >= 15 is 0 Å². The van der Waals surface area contributed by atoms with Crippen LogP contribution in [0, 0.1) is 34.0 Å². The van der Waals surface area contributed by atoms with E-state index in [-0.39, 0.29) is 16.8 Å². The molecule has 19 heavy (non-hydrogen) atoms. The van der Waals surface area contributed by atoms with Gasteiger partial charge >= 0.3 is 5.97 Å². The first-order valence-electron chi connectivity index (χ1n) is 7.41. The van der Waals surface area contributed by atoms with Crippen molar-refractivity contribution in [2.24, 2.45) is 22.7 Å². The molecule has 0 N–H and O–H groups in total. The summed E-state index contributed by atoms with van der Waals surface area (Å²) in [6, 6.07) is 2.62. The highest BCUT2D eigenvalue weighted by Gasteiger charge is 2.63. The van der Waals surface area contributed by atoms with Gasteiger partial charge in [-0.2, -0.15) is 5.26 Å². The Hall–Kier alpha value is -1.04. The molecule has 0 aliphatic heterocycles. The minimum Gasteiger partial charge on any atom is -0.459 e. The van der Waals surface area contributed by atoms with E-state index in [0.29, 0.717) is 11.8 Å². The molecule has 2 atom stereocenters. The lowest BCUT2D eigenvalue weighted by Gasteiger charge is -2.63. The highest BCUT2D eigenvalue weighted by Crippen LogP contribution is 2.68. The van der Waals surface area contributed by atoms with Gasteiger partial charge in [0.2, 0.25) is 0 Å². The van der Waals surface area contributed by atoms with Crippen LogP contribution in [0.1, 0.15) is 59.3 Å². The van der Waals surface area contributed by atoms with Crippen molar-refractivity contribution >= 4 is 5.97 Å². The topological polar surface area (TPSA) is 50.1 Å². The third kappa shape index (κ3) is 1.80. The summed E-state index contributed by atoms with van der Waals surface area (Å²) in [5.74, 6) is 1.12. The zero-order valence-electron chi connectivity index (χ0n) is 12.2. The van der Waals surface area contributed by atoms with Crippen molar-refractivity contribution in [1.82, 2.24) is 0 Å². The van der Waals surface area contributed by atoms with Crippen LogP contribution in [0.2, 0.25) is 0 Å². The summed E-state index contributed by atoms with van der Waals surface area (Å²) >= 11 is 0. The largest absolute Gasteiger partial charge is 0.459 e. The molecular formula is C16H23NO2. The van der Waals surface area contributed by atoms with Gasteiger partial charge in [0.05, 0.1) is 11.5 Å². The van der Waals surface area contributed by atoms with Gasteiger partial charge in [-0.25, -0.2) is 0 Å². The molecule has 0 radical (unpaired) electrons. The summed E-state index contributed by atoms with van der Waals surface area (Å²) in [6.07, 6.45) is 6.60. The van der Waals surface area contributed by atoms with Crippen molar-refractivity contribution in [3.63, 3.8) is 0 Å². The molecule has 0 aromatic rings. The summed E-state index contributed by atoms with van der Waals surface area (Å²) in [7, 11) is 0. The number of rotatable bonds is 2. The van der Waals surface area contributed by atoms with E-state index in [9.17, 15) is 10.1 Å². The number of nitrogens with zero attached hydrogens (tertiary/aromatic N) is 1. The van der Waals surface area contributed by atoms with Gasteiger partial charge in [-0.1, -0.05) is 0 Å². The van der Waals surface area contributed by atoms with Crippen molar-refractivity contribution < 1.29 is 9.53 Å². The fraction of sp³-hybridized carbons (Fsp3) is 0.875. The van der Waals surface area contributed by atoms with Crippen LogP contribution in [0.15, 0.2) is 0 Å². The van der Waals surface area contributed by atoms with Crippen LogP contribution in [-0.4, -0.2) is 11.6 Å². The summed E-state index contributed by atoms with van der Waals surface area (Å²) in [5.41, 5.74) is -0.557. The summed E-state index contributed by atoms with van der Waals surface area (Å²) in [4.78, 5) is 11.4. The van der Waals surface area contributed by atoms with E-state index in [2.05, 4.69) is 6.07 Å². The SMILES string of the molecule is CC(=O)OC(C)(C)C12CC3CC(CC(C#N)(C3)C1)C2. The van der Waals surface area contributed by atoms with E-state index in [4.69, 9.17) is 4.74 Å². The lowest BCUT2D eigenvalue weighted by Crippen LogP contribution is -2.60. The Labute approximate surface area is 115 Å². The molecule has 0 amide bonds. The predicted molar refractivity (Wildman–Crippen MR) is 71.0 cm³/mol. The molecule has 0 saturated heterocycles. The lowest BCUT2D eigenvalue weighted by atomic mass is 9.41. The standard InChI is InChI=1S/C16H23NO2/c1-11(18)19-14(2,3)16-7-12-4-13(8-16)6-15(5-12,9-16)10-17/h12-13H,4-9H2,1-3H3. The average Bonchev–Trinajstić information content (AvgIpc) is 2.25. The van der Waals surface area contributed by atoms with E-state index in [1.807, 2.05) is 13.8 Å². The maximum absolute atomic E-state index is 11.4. The van der Waals surface area contributed by atoms with Crippen molar-refractivity contribution in [3.05, 3.63) is 0 Å². The Balaban J connectivity index is 1.97. The number of hydrogen-bond acceptors (Lipinski definition) is 3. The molecule has 4 aliphatic rings. The number of esters is 1. The van der Waals surface area contributed by atoms with Crippen molar-refractivity contribution in [3.8, 4) is 6.07 Å². The molecule has 3 heteroatoms. The van der Waals surface area contributed by atoms with Crippen LogP contribution in [0.5, 0.6) is 0 Å². The van der Waals surface area contributed by atoms with Gasteiger partial charge in [0, 0.05) is 12.3 Å². The second-order valence-electron chi connectivity index (χ2n) is 7.74. The zero-order chi connectivity index (χ0) is 13.9. The molecule has 2 unspecified atom stereocenters. The van der Waals surface area contributed by atoms with Crippen LogP contribution in [0.3, 0.4) is 0 Å². The summed E-state index contributed by atoms with van der Waals surface area (Å²) in [6.45, 7) is 5.58. The number of carbonyl (C=O) groups excluding carboxylic acids is 1. The van der Waals surface area contributed by atoms with Gasteiger partial charge < -0.3 is 4.74 Å². The van der Waals surface area contributed by atoms with E-state index in [0.717, 1.165) is 32.1 Å². The van der Waals surface area contributed by atoms with Gasteiger partial charge in [-0.3, -0.25) is 4.79 Å². The molecular weight excluding hydrogens is 238 g/mol. The first kappa shape index (κ1) is 13.0. The predicted octanol–water partition coefficient (Wildman–Crippen LogP) is 3.44. The Morgan fingerprint density at radius 3 is 2.32 bits per heavy atom. The molecule has 0 aromatic carbocycles. The first-order chi connectivity index (χ1) is 8.80. The molecule has 4 fully saturated rings. The van der Waals surface area contributed by atoms with Gasteiger partial charge in [-0.05, 0) is 64.2 Å². The Kier molecular flexibility index (Phi) is 2.56. The Morgan fingerprint density at radius 2 is 1.84 bits per heavy atom. The van der Waals surface area contributed by atoms with Gasteiger partial charge in [0.15, 0.2) is 0 Å². The van der Waals surface area contributed by atoms with E-state index in [1.54, 1.807) is 0 Å². The van der Waals surface area contributed by atoms with Gasteiger partial charge in [-0.15, -0.1) is 0 Å². The van der Waals surface area contributed by atoms with Crippen LogP contribution >= 0.6 is 0 Å². The average molecular weight is 261 g/mol. The Bertz CT molecular complexity index is 446. The lowest BCUT2D eigenvalue weighted by molar-refractivity contribution is -0.204. The molecule has 4 bridgehead atoms. The van der Waals surface area contributed by atoms with Crippen LogP contribution in [-0.2, 0) is 9.53 Å². The van der Waals surface area contributed by atoms with Crippen molar-refractivity contribution in [1.29, 1.82) is 5.26 Å².